The molecule has 0 aromatic heterocycles. The van der Waals surface area contributed by atoms with E-state index in [0.29, 0.717) is 10.6 Å². The monoisotopic (exact) mass is 214 g/mol. The van der Waals surface area contributed by atoms with Crippen molar-refractivity contribution in [1.29, 1.82) is 0 Å². The molecule has 0 radical (unpaired) electrons. The van der Waals surface area contributed by atoms with Gasteiger partial charge in [0.2, 0.25) is 0 Å². The van der Waals surface area contributed by atoms with E-state index < -0.39 is 0 Å². The van der Waals surface area contributed by atoms with Crippen molar-refractivity contribution in [1.82, 2.24) is 0 Å². The summed E-state index contributed by atoms with van der Waals surface area (Å²) in [6, 6.07) is 7.17. The molecule has 0 heterocycles. The van der Waals surface area contributed by atoms with E-state index in [9.17, 15) is 4.39 Å². The van der Waals surface area contributed by atoms with Gasteiger partial charge in [-0.25, -0.2) is 4.39 Å². The maximum atomic E-state index is 12.7. The first-order valence-electron chi connectivity index (χ1n) is 4.70. The molecule has 0 atom stereocenters. The zero-order chi connectivity index (χ0) is 11.1. The van der Waals surface area contributed by atoms with Crippen LogP contribution in [0.2, 0.25) is 5.02 Å². The highest BCUT2D eigenvalue weighted by Gasteiger charge is 1.99. The van der Waals surface area contributed by atoms with E-state index in [4.69, 9.17) is 11.6 Å². The molecule has 1 aromatic carbocycles. The van der Waals surface area contributed by atoms with Crippen LogP contribution in [0.5, 0.6) is 0 Å². The third kappa shape index (κ3) is 3.93. The van der Waals surface area contributed by atoms with Gasteiger partial charge in [-0.2, -0.15) is 0 Å². The van der Waals surface area contributed by atoms with Gasteiger partial charge in [0.05, 0.1) is 0 Å². The van der Waals surface area contributed by atoms with E-state index in [1.807, 2.05) is 26.0 Å². The van der Waals surface area contributed by atoms with Crippen molar-refractivity contribution in [2.45, 2.75) is 27.7 Å². The van der Waals surface area contributed by atoms with E-state index in [1.54, 1.807) is 19.1 Å². The number of hydrogen-bond donors (Lipinski definition) is 0. The second kappa shape index (κ2) is 6.61. The van der Waals surface area contributed by atoms with Crippen LogP contribution >= 0.6 is 11.6 Å². The maximum absolute atomic E-state index is 12.7. The Morgan fingerprint density at radius 1 is 1.21 bits per heavy atom. The third-order valence-electron chi connectivity index (χ3n) is 1.77. The van der Waals surface area contributed by atoms with Crippen LogP contribution in [0.4, 0.5) is 4.39 Å². The van der Waals surface area contributed by atoms with E-state index in [1.165, 1.54) is 6.92 Å². The van der Waals surface area contributed by atoms with Gasteiger partial charge in [-0.1, -0.05) is 37.6 Å². The van der Waals surface area contributed by atoms with Crippen molar-refractivity contribution < 1.29 is 4.39 Å². The fourth-order valence-electron chi connectivity index (χ4n) is 0.921. The first-order chi connectivity index (χ1) is 6.61. The number of allylic oxidation sites excluding steroid dienone is 2. The predicted molar refractivity (Wildman–Crippen MR) is 62.2 cm³/mol. The molecule has 2 heteroatoms. The quantitative estimate of drug-likeness (QED) is 0.611. The first-order valence-corrected chi connectivity index (χ1v) is 5.08. The van der Waals surface area contributed by atoms with Crippen molar-refractivity contribution in [2.75, 3.05) is 0 Å². The van der Waals surface area contributed by atoms with Crippen molar-refractivity contribution in [3.8, 4) is 0 Å². The molecule has 0 fully saturated rings. The molecule has 1 aromatic rings. The normalized spacial score (nSPS) is 11.3. The molecule has 0 amide bonds. The van der Waals surface area contributed by atoms with Gasteiger partial charge in [-0.05, 0) is 37.1 Å². The van der Waals surface area contributed by atoms with E-state index in [-0.39, 0.29) is 5.83 Å². The average molecular weight is 215 g/mol. The average Bonchev–Trinajstić information content (AvgIpc) is 2.19. The summed E-state index contributed by atoms with van der Waals surface area (Å²) in [6.07, 6.45) is 0. The van der Waals surface area contributed by atoms with Gasteiger partial charge < -0.3 is 0 Å². The Morgan fingerprint density at radius 3 is 2.21 bits per heavy atom. The predicted octanol–water partition coefficient (Wildman–Crippen LogP) is 5.09. The summed E-state index contributed by atoms with van der Waals surface area (Å²) in [4.78, 5) is 0. The minimum atomic E-state index is -0.169. The summed E-state index contributed by atoms with van der Waals surface area (Å²) < 4.78 is 12.7. The highest BCUT2D eigenvalue weighted by molar-refractivity contribution is 6.30. The van der Waals surface area contributed by atoms with Gasteiger partial charge in [0, 0.05) is 5.02 Å². The van der Waals surface area contributed by atoms with Crippen LogP contribution in [0.25, 0.3) is 5.57 Å². The van der Waals surface area contributed by atoms with Crippen molar-refractivity contribution in [3.63, 3.8) is 0 Å². The molecule has 78 valence electrons. The van der Waals surface area contributed by atoms with Crippen molar-refractivity contribution in [2.24, 2.45) is 0 Å². The van der Waals surface area contributed by atoms with Crippen LogP contribution in [0.3, 0.4) is 0 Å². The lowest BCUT2D eigenvalue weighted by Gasteiger charge is -2.01. The van der Waals surface area contributed by atoms with Crippen LogP contribution in [-0.4, -0.2) is 0 Å². The highest BCUT2D eigenvalue weighted by Crippen LogP contribution is 2.21. The maximum Gasteiger partial charge on any atom is 0.100 e. The second-order valence-electron chi connectivity index (χ2n) is 2.67. The Hall–Kier alpha value is -0.820. The van der Waals surface area contributed by atoms with Crippen LogP contribution in [-0.2, 0) is 0 Å². The lowest BCUT2D eigenvalue weighted by atomic mass is 10.1. The Morgan fingerprint density at radius 2 is 1.79 bits per heavy atom. The smallest absolute Gasteiger partial charge is 0.100 e. The van der Waals surface area contributed by atoms with Gasteiger partial charge in [0.25, 0.3) is 0 Å². The van der Waals surface area contributed by atoms with Gasteiger partial charge in [-0.3, -0.25) is 0 Å². The summed E-state index contributed by atoms with van der Waals surface area (Å²) in [5.41, 5.74) is 1.47. The Labute approximate surface area is 90.4 Å². The Bertz CT molecular complexity index is 312. The van der Waals surface area contributed by atoms with Crippen LogP contribution in [0.1, 0.15) is 33.3 Å². The fourth-order valence-corrected chi connectivity index (χ4v) is 1.11. The zero-order valence-corrected chi connectivity index (χ0v) is 9.82. The SMILES string of the molecule is C/C(F)=C(/C)c1cccc(Cl)c1.CC. The van der Waals surface area contributed by atoms with E-state index >= 15 is 0 Å². The molecule has 0 nitrogen and oxygen atoms in total. The fraction of sp³-hybridized carbons (Fsp3) is 0.333. The molecule has 0 unspecified atom stereocenters. The highest BCUT2D eigenvalue weighted by atomic mass is 35.5. The van der Waals surface area contributed by atoms with Gasteiger partial charge in [0.1, 0.15) is 5.83 Å². The Balaban J connectivity index is 0.000000791. The number of rotatable bonds is 1. The summed E-state index contributed by atoms with van der Waals surface area (Å²) in [5, 5.41) is 0.633. The summed E-state index contributed by atoms with van der Waals surface area (Å²) in [7, 11) is 0. The lowest BCUT2D eigenvalue weighted by molar-refractivity contribution is 0.643. The second-order valence-corrected chi connectivity index (χ2v) is 3.11. The number of halogens is 2. The molecular formula is C12H16ClF. The number of benzene rings is 1. The molecule has 14 heavy (non-hydrogen) atoms. The summed E-state index contributed by atoms with van der Waals surface area (Å²) in [6.45, 7) is 7.18. The van der Waals surface area contributed by atoms with E-state index in [2.05, 4.69) is 0 Å². The van der Waals surface area contributed by atoms with Gasteiger partial charge >= 0.3 is 0 Å². The number of hydrogen-bond acceptors (Lipinski definition) is 0. The molecule has 0 saturated heterocycles. The molecule has 0 aliphatic rings. The van der Waals surface area contributed by atoms with Crippen LogP contribution < -0.4 is 0 Å². The standard InChI is InChI=1S/C10H10ClF.C2H6/c1-7(8(2)12)9-4-3-5-10(11)6-9;1-2/h3-6H,1-2H3;1-2H3/b8-7+;. The van der Waals surface area contributed by atoms with Crippen LogP contribution in [0, 0.1) is 0 Å². The van der Waals surface area contributed by atoms with Gasteiger partial charge in [0.15, 0.2) is 0 Å². The largest absolute Gasteiger partial charge is 0.212 e. The molecular weight excluding hydrogens is 199 g/mol. The molecule has 0 N–H and O–H groups in total. The van der Waals surface area contributed by atoms with E-state index in [0.717, 1.165) is 5.56 Å². The molecule has 0 saturated carbocycles. The summed E-state index contributed by atoms with van der Waals surface area (Å²) in [5.74, 6) is -0.169. The minimum absolute atomic E-state index is 0.169. The van der Waals surface area contributed by atoms with Gasteiger partial charge in [-0.15, -0.1) is 0 Å². The molecule has 0 spiro atoms. The summed E-state index contributed by atoms with van der Waals surface area (Å²) >= 11 is 5.75. The minimum Gasteiger partial charge on any atom is -0.212 e. The van der Waals surface area contributed by atoms with Crippen molar-refractivity contribution in [3.05, 3.63) is 40.7 Å². The van der Waals surface area contributed by atoms with Crippen LogP contribution in [0.15, 0.2) is 30.1 Å². The molecule has 0 aliphatic heterocycles. The topological polar surface area (TPSA) is 0 Å². The zero-order valence-electron chi connectivity index (χ0n) is 9.07. The molecule has 0 bridgehead atoms. The third-order valence-corrected chi connectivity index (χ3v) is 2.01. The Kier molecular flexibility index (Phi) is 6.22. The lowest BCUT2D eigenvalue weighted by Crippen LogP contribution is -1.80. The molecule has 0 aliphatic carbocycles. The molecule has 1 rings (SSSR count). The first kappa shape index (κ1) is 13.2. The van der Waals surface area contributed by atoms with Crippen molar-refractivity contribution >= 4 is 17.2 Å².